The van der Waals surface area contributed by atoms with Gasteiger partial charge in [-0.1, -0.05) is 30.7 Å². The third-order valence-electron chi connectivity index (χ3n) is 4.34. The largest absolute Gasteiger partial charge is 0.493 e. The van der Waals surface area contributed by atoms with Gasteiger partial charge in [-0.15, -0.1) is 0 Å². The average molecular weight is 441 g/mol. The van der Waals surface area contributed by atoms with Gasteiger partial charge in [0.2, 0.25) is 15.9 Å². The summed E-state index contributed by atoms with van der Waals surface area (Å²) < 4.78 is 36.0. The molecule has 0 saturated heterocycles. The van der Waals surface area contributed by atoms with Crippen LogP contribution in [0.3, 0.4) is 0 Å². The van der Waals surface area contributed by atoms with Crippen molar-refractivity contribution in [1.82, 2.24) is 5.32 Å². The highest BCUT2D eigenvalue weighted by Gasteiger charge is 2.23. The van der Waals surface area contributed by atoms with Crippen LogP contribution in [0, 0.1) is 0 Å². The summed E-state index contributed by atoms with van der Waals surface area (Å²) in [4.78, 5) is 12.7. The Morgan fingerprint density at radius 1 is 1.14 bits per heavy atom. The molecule has 2 rings (SSSR count). The molecular formula is C20H25ClN2O5S. The van der Waals surface area contributed by atoms with Gasteiger partial charge in [0.05, 0.1) is 32.2 Å². The Morgan fingerprint density at radius 3 is 2.38 bits per heavy atom. The van der Waals surface area contributed by atoms with Gasteiger partial charge in [-0.25, -0.2) is 8.42 Å². The minimum atomic E-state index is -3.68. The molecule has 1 N–H and O–H groups in total. The highest BCUT2D eigenvalue weighted by Crippen LogP contribution is 2.31. The van der Waals surface area contributed by atoms with Crippen LogP contribution in [0.2, 0.25) is 5.02 Å². The number of rotatable bonds is 9. The number of carbonyl (C=O) groups excluding carboxylic acids is 1. The van der Waals surface area contributed by atoms with Crippen molar-refractivity contribution in [2.75, 3.05) is 31.3 Å². The average Bonchev–Trinajstić information content (AvgIpc) is 2.68. The lowest BCUT2D eigenvalue weighted by Crippen LogP contribution is -2.41. The quantitative estimate of drug-likeness (QED) is 0.646. The first-order valence-electron chi connectivity index (χ1n) is 8.94. The van der Waals surface area contributed by atoms with E-state index in [9.17, 15) is 13.2 Å². The van der Waals surface area contributed by atoms with E-state index in [2.05, 4.69) is 5.32 Å². The molecule has 1 unspecified atom stereocenters. The van der Waals surface area contributed by atoms with E-state index in [1.165, 1.54) is 13.2 Å². The molecule has 0 spiro atoms. The fourth-order valence-electron chi connectivity index (χ4n) is 2.89. The number of amides is 1. The number of sulfonamides is 1. The predicted molar refractivity (Wildman–Crippen MR) is 114 cm³/mol. The van der Waals surface area contributed by atoms with E-state index in [1.54, 1.807) is 37.4 Å². The van der Waals surface area contributed by atoms with E-state index in [4.69, 9.17) is 21.1 Å². The molecule has 0 radical (unpaired) electrons. The summed E-state index contributed by atoms with van der Waals surface area (Å²) in [6.07, 6.45) is 1.66. The minimum Gasteiger partial charge on any atom is -0.493 e. The standard InChI is InChI=1S/C20H25ClN2O5S/c1-5-17(14-9-10-18(27-2)19(11-14)28-3)22-20(24)13-23(29(4,25)26)16-8-6-7-15(21)12-16/h6-12,17H,5,13H2,1-4H3,(H,22,24). The fraction of sp³-hybridized carbons (Fsp3) is 0.350. The topological polar surface area (TPSA) is 84.9 Å². The van der Waals surface area contributed by atoms with Gasteiger partial charge in [-0.05, 0) is 42.3 Å². The number of ether oxygens (including phenoxy) is 2. The number of hydrogen-bond acceptors (Lipinski definition) is 5. The summed E-state index contributed by atoms with van der Waals surface area (Å²) in [5.74, 6) is 0.702. The van der Waals surface area contributed by atoms with Gasteiger partial charge < -0.3 is 14.8 Å². The van der Waals surface area contributed by atoms with Crippen molar-refractivity contribution in [3.63, 3.8) is 0 Å². The summed E-state index contributed by atoms with van der Waals surface area (Å²) >= 11 is 5.97. The first-order chi connectivity index (χ1) is 13.7. The molecule has 9 heteroatoms. The van der Waals surface area contributed by atoms with Crippen LogP contribution in [0.15, 0.2) is 42.5 Å². The highest BCUT2D eigenvalue weighted by atomic mass is 35.5. The molecule has 29 heavy (non-hydrogen) atoms. The lowest BCUT2D eigenvalue weighted by atomic mass is 10.0. The Hall–Kier alpha value is -2.45. The van der Waals surface area contributed by atoms with Crippen LogP contribution in [-0.2, 0) is 14.8 Å². The van der Waals surface area contributed by atoms with Gasteiger partial charge in [0.1, 0.15) is 6.54 Å². The number of carbonyl (C=O) groups is 1. The monoisotopic (exact) mass is 440 g/mol. The third kappa shape index (κ3) is 6.01. The summed E-state index contributed by atoms with van der Waals surface area (Å²) in [5, 5.41) is 3.27. The van der Waals surface area contributed by atoms with E-state index in [-0.39, 0.29) is 12.6 Å². The molecule has 2 aromatic carbocycles. The lowest BCUT2D eigenvalue weighted by Gasteiger charge is -2.24. The number of hydrogen-bond donors (Lipinski definition) is 1. The first kappa shape index (κ1) is 22.8. The Labute approximate surface area is 176 Å². The molecule has 0 aliphatic carbocycles. The number of nitrogens with one attached hydrogen (secondary N) is 1. The second-order valence-electron chi connectivity index (χ2n) is 6.39. The molecule has 0 bridgehead atoms. The number of halogens is 1. The van der Waals surface area contributed by atoms with Gasteiger partial charge in [0, 0.05) is 5.02 Å². The van der Waals surface area contributed by atoms with E-state index >= 15 is 0 Å². The number of methoxy groups -OCH3 is 2. The molecule has 1 atom stereocenters. The van der Waals surface area contributed by atoms with E-state index in [0.29, 0.717) is 28.6 Å². The number of nitrogens with zero attached hydrogens (tertiary/aromatic N) is 1. The van der Waals surface area contributed by atoms with Crippen LogP contribution in [-0.4, -0.2) is 41.3 Å². The SMILES string of the molecule is CCC(NC(=O)CN(c1cccc(Cl)c1)S(C)(=O)=O)c1ccc(OC)c(OC)c1. The fourth-order valence-corrected chi connectivity index (χ4v) is 3.93. The van der Waals surface area contributed by atoms with Crippen LogP contribution >= 0.6 is 11.6 Å². The Balaban J connectivity index is 2.22. The van der Waals surface area contributed by atoms with Crippen molar-refractivity contribution < 1.29 is 22.7 Å². The molecule has 7 nitrogen and oxygen atoms in total. The summed E-state index contributed by atoms with van der Waals surface area (Å²) in [6, 6.07) is 11.4. The van der Waals surface area contributed by atoms with Gasteiger partial charge in [0.25, 0.3) is 0 Å². The Kier molecular flexibility index (Phi) is 7.75. The predicted octanol–water partition coefficient (Wildman–Crippen LogP) is 3.39. The maximum atomic E-state index is 12.7. The van der Waals surface area contributed by atoms with Crippen molar-refractivity contribution >= 4 is 33.2 Å². The third-order valence-corrected chi connectivity index (χ3v) is 5.71. The van der Waals surface area contributed by atoms with Crippen molar-refractivity contribution in [3.8, 4) is 11.5 Å². The highest BCUT2D eigenvalue weighted by molar-refractivity contribution is 7.92. The Morgan fingerprint density at radius 2 is 1.83 bits per heavy atom. The molecule has 0 saturated carbocycles. The second kappa shape index (κ2) is 9.84. The van der Waals surface area contributed by atoms with Crippen molar-refractivity contribution in [2.45, 2.75) is 19.4 Å². The molecule has 0 aliphatic rings. The van der Waals surface area contributed by atoms with Crippen molar-refractivity contribution in [2.24, 2.45) is 0 Å². The Bertz CT molecular complexity index is 965. The molecule has 0 fully saturated rings. The van der Waals surface area contributed by atoms with E-state index in [0.717, 1.165) is 16.1 Å². The van der Waals surface area contributed by atoms with Gasteiger partial charge in [-0.2, -0.15) is 0 Å². The molecule has 0 heterocycles. The second-order valence-corrected chi connectivity index (χ2v) is 8.74. The van der Waals surface area contributed by atoms with Crippen LogP contribution in [0.5, 0.6) is 11.5 Å². The zero-order chi connectivity index (χ0) is 21.6. The van der Waals surface area contributed by atoms with Crippen molar-refractivity contribution in [3.05, 3.63) is 53.1 Å². The lowest BCUT2D eigenvalue weighted by molar-refractivity contribution is -0.120. The van der Waals surface area contributed by atoms with Crippen LogP contribution in [0.4, 0.5) is 5.69 Å². The van der Waals surface area contributed by atoms with E-state index in [1.807, 2.05) is 13.0 Å². The summed E-state index contributed by atoms with van der Waals surface area (Å²) in [7, 11) is -0.594. The summed E-state index contributed by atoms with van der Waals surface area (Å²) in [5.41, 5.74) is 1.15. The molecule has 158 valence electrons. The van der Waals surface area contributed by atoms with E-state index < -0.39 is 15.9 Å². The van der Waals surface area contributed by atoms with Crippen LogP contribution < -0.4 is 19.1 Å². The normalized spacial score (nSPS) is 12.2. The maximum absolute atomic E-state index is 12.7. The molecule has 2 aromatic rings. The van der Waals surface area contributed by atoms with Crippen molar-refractivity contribution in [1.29, 1.82) is 0 Å². The number of benzene rings is 2. The van der Waals surface area contributed by atoms with Gasteiger partial charge in [0.15, 0.2) is 11.5 Å². The first-order valence-corrected chi connectivity index (χ1v) is 11.2. The summed E-state index contributed by atoms with van der Waals surface area (Å²) in [6.45, 7) is 1.57. The maximum Gasteiger partial charge on any atom is 0.241 e. The van der Waals surface area contributed by atoms with Gasteiger partial charge >= 0.3 is 0 Å². The van der Waals surface area contributed by atoms with Crippen LogP contribution in [0.1, 0.15) is 24.9 Å². The molecule has 1 amide bonds. The van der Waals surface area contributed by atoms with Crippen LogP contribution in [0.25, 0.3) is 0 Å². The van der Waals surface area contributed by atoms with Gasteiger partial charge in [-0.3, -0.25) is 9.10 Å². The zero-order valence-electron chi connectivity index (χ0n) is 16.8. The zero-order valence-corrected chi connectivity index (χ0v) is 18.4. The molecule has 0 aromatic heterocycles. The molecule has 0 aliphatic heterocycles. The smallest absolute Gasteiger partial charge is 0.241 e. The molecular weight excluding hydrogens is 416 g/mol. The minimum absolute atomic E-state index is 0.317. The number of anilines is 1.